The Hall–Kier alpha value is -2.83. The van der Waals surface area contributed by atoms with Crippen molar-refractivity contribution in [3.05, 3.63) is 29.0 Å². The van der Waals surface area contributed by atoms with Crippen LogP contribution in [-0.2, 0) is 14.3 Å². The number of aliphatic imine (C=N–C) groups is 1. The molecule has 0 radical (unpaired) electrons. The van der Waals surface area contributed by atoms with E-state index in [1.807, 2.05) is 0 Å². The van der Waals surface area contributed by atoms with Gasteiger partial charge in [0.05, 0.1) is 31.8 Å². The summed E-state index contributed by atoms with van der Waals surface area (Å²) in [7, 11) is 2.87. The Labute approximate surface area is 170 Å². The molecule has 1 saturated carbocycles. The predicted octanol–water partition coefficient (Wildman–Crippen LogP) is 3.54. The number of aromatic hydroxyl groups is 1. The highest BCUT2D eigenvalue weighted by atomic mass is 16.5. The summed E-state index contributed by atoms with van der Waals surface area (Å²) in [6.45, 7) is 5.32. The Bertz CT molecular complexity index is 874. The van der Waals surface area contributed by atoms with E-state index in [9.17, 15) is 14.7 Å². The number of ketones is 1. The van der Waals surface area contributed by atoms with Gasteiger partial charge in [-0.1, -0.05) is 0 Å². The summed E-state index contributed by atoms with van der Waals surface area (Å²) in [6, 6.07) is 3.28. The van der Waals surface area contributed by atoms with Gasteiger partial charge in [-0.25, -0.2) is 4.79 Å². The van der Waals surface area contributed by atoms with E-state index in [0.29, 0.717) is 29.7 Å². The van der Waals surface area contributed by atoms with E-state index in [1.54, 1.807) is 32.9 Å². The lowest BCUT2D eigenvalue weighted by molar-refractivity contribution is -0.143. The molecule has 1 aromatic carbocycles. The first-order chi connectivity index (χ1) is 13.8. The summed E-state index contributed by atoms with van der Waals surface area (Å²) in [5.41, 5.74) is 2.33. The van der Waals surface area contributed by atoms with E-state index >= 15 is 0 Å². The highest BCUT2D eigenvalue weighted by Gasteiger charge is 2.44. The minimum atomic E-state index is -0.579. The van der Waals surface area contributed by atoms with Crippen LogP contribution in [0.15, 0.2) is 28.4 Å². The topological polar surface area (TPSA) is 94.4 Å². The molecule has 0 bridgehead atoms. The Kier molecular flexibility index (Phi) is 5.96. The van der Waals surface area contributed by atoms with Crippen LogP contribution in [0.3, 0.4) is 0 Å². The zero-order chi connectivity index (χ0) is 21.3. The fourth-order valence-electron chi connectivity index (χ4n) is 4.12. The highest BCUT2D eigenvalue weighted by molar-refractivity contribution is 6.11. The normalized spacial score (nSPS) is 21.6. The minimum absolute atomic E-state index is 0.0494. The van der Waals surface area contributed by atoms with E-state index in [-0.39, 0.29) is 29.1 Å². The van der Waals surface area contributed by atoms with Gasteiger partial charge in [-0.05, 0) is 51.3 Å². The number of Topliss-reactive ketones (excluding diaryl/α,β-unsaturated/α-hetero) is 1. The number of ether oxygens (including phenoxy) is 3. The second-order valence-electron chi connectivity index (χ2n) is 7.61. The molecular weight excluding hydrogens is 374 g/mol. The number of hydrogen-bond acceptors (Lipinski definition) is 7. The van der Waals surface area contributed by atoms with Crippen molar-refractivity contribution >= 4 is 17.5 Å². The van der Waals surface area contributed by atoms with Gasteiger partial charge in [0.2, 0.25) is 5.75 Å². The molecule has 7 nitrogen and oxygen atoms in total. The van der Waals surface area contributed by atoms with Crippen LogP contribution in [0.5, 0.6) is 17.2 Å². The first-order valence-electron chi connectivity index (χ1n) is 9.75. The maximum atomic E-state index is 13.0. The van der Waals surface area contributed by atoms with Crippen LogP contribution in [0.25, 0.3) is 0 Å². The molecule has 0 spiro atoms. The first-order valence-corrected chi connectivity index (χ1v) is 9.75. The standard InChI is InChI=1S/C22H27NO6/c1-11(2)29-22(26)18-12(3)23-14-7-6-8-15(24)20(14)19(18)13-9-16(27-4)21(25)17(10-13)28-5/h9-11,19-20,25H,6-8H2,1-5H3/t19-,20-/m0/s1. The van der Waals surface area contributed by atoms with E-state index in [4.69, 9.17) is 14.2 Å². The van der Waals surface area contributed by atoms with E-state index < -0.39 is 17.8 Å². The Balaban J connectivity index is 2.22. The van der Waals surface area contributed by atoms with Crippen LogP contribution in [0.2, 0.25) is 0 Å². The molecule has 1 aliphatic carbocycles. The van der Waals surface area contributed by atoms with Crippen LogP contribution >= 0.6 is 0 Å². The molecule has 1 aromatic rings. The van der Waals surface area contributed by atoms with Crippen LogP contribution < -0.4 is 9.47 Å². The van der Waals surface area contributed by atoms with Gasteiger partial charge in [-0.15, -0.1) is 0 Å². The van der Waals surface area contributed by atoms with Gasteiger partial charge in [-0.2, -0.15) is 0 Å². The van der Waals surface area contributed by atoms with Crippen LogP contribution in [0.4, 0.5) is 0 Å². The summed E-state index contributed by atoms with van der Waals surface area (Å²) in [5.74, 6) is -1.28. The van der Waals surface area contributed by atoms with Crippen molar-refractivity contribution in [2.45, 2.75) is 52.1 Å². The molecule has 1 fully saturated rings. The zero-order valence-corrected chi connectivity index (χ0v) is 17.4. The molecule has 0 amide bonds. The number of carbonyl (C=O) groups is 2. The minimum Gasteiger partial charge on any atom is -0.502 e. The first kappa shape index (κ1) is 20.9. The van der Waals surface area contributed by atoms with Crippen molar-refractivity contribution in [3.63, 3.8) is 0 Å². The fraction of sp³-hybridized carbons (Fsp3) is 0.500. The Morgan fingerprint density at radius 3 is 2.31 bits per heavy atom. The number of phenols is 1. The lowest BCUT2D eigenvalue weighted by atomic mass is 9.69. The third-order valence-corrected chi connectivity index (χ3v) is 5.33. The monoisotopic (exact) mass is 401 g/mol. The summed E-state index contributed by atoms with van der Waals surface area (Å²) >= 11 is 0. The number of rotatable bonds is 5. The van der Waals surface area contributed by atoms with Crippen molar-refractivity contribution in [2.75, 3.05) is 14.2 Å². The van der Waals surface area contributed by atoms with Gasteiger partial charge in [0.1, 0.15) is 5.78 Å². The summed E-state index contributed by atoms with van der Waals surface area (Å²) in [4.78, 5) is 30.5. The van der Waals surface area contributed by atoms with Crippen LogP contribution in [0, 0.1) is 5.92 Å². The molecule has 1 aliphatic heterocycles. The number of phenolic OH excluding ortho intramolecular Hbond substituents is 1. The van der Waals surface area contributed by atoms with E-state index in [2.05, 4.69) is 4.99 Å². The van der Waals surface area contributed by atoms with Gasteiger partial charge in [0.15, 0.2) is 11.5 Å². The average Bonchev–Trinajstić information content (AvgIpc) is 2.66. The van der Waals surface area contributed by atoms with Gasteiger partial charge >= 0.3 is 5.97 Å². The van der Waals surface area contributed by atoms with Crippen molar-refractivity contribution < 1.29 is 28.9 Å². The molecule has 2 atom stereocenters. The molecule has 3 rings (SSSR count). The number of fused-ring (bicyclic) bond motifs is 1. The largest absolute Gasteiger partial charge is 0.502 e. The van der Waals surface area contributed by atoms with Crippen LogP contribution in [-0.4, -0.2) is 42.9 Å². The summed E-state index contributed by atoms with van der Waals surface area (Å²) < 4.78 is 16.1. The number of hydrogen-bond donors (Lipinski definition) is 1. The second kappa shape index (κ2) is 8.27. The van der Waals surface area contributed by atoms with Gasteiger partial charge < -0.3 is 19.3 Å². The summed E-state index contributed by atoms with van der Waals surface area (Å²) in [6.07, 6.45) is 1.60. The Morgan fingerprint density at radius 1 is 1.14 bits per heavy atom. The van der Waals surface area contributed by atoms with E-state index in [1.165, 1.54) is 14.2 Å². The van der Waals surface area contributed by atoms with Crippen molar-refractivity contribution in [3.8, 4) is 17.2 Å². The number of carbonyl (C=O) groups excluding carboxylic acids is 2. The molecule has 1 N–H and O–H groups in total. The Morgan fingerprint density at radius 2 is 1.76 bits per heavy atom. The second-order valence-corrected chi connectivity index (χ2v) is 7.61. The fourth-order valence-corrected chi connectivity index (χ4v) is 4.12. The van der Waals surface area contributed by atoms with Gasteiger partial charge in [0.25, 0.3) is 0 Å². The number of allylic oxidation sites excluding steroid dienone is 1. The van der Waals surface area contributed by atoms with Crippen molar-refractivity contribution in [1.29, 1.82) is 0 Å². The van der Waals surface area contributed by atoms with Crippen molar-refractivity contribution in [1.82, 2.24) is 0 Å². The van der Waals surface area contributed by atoms with Crippen LogP contribution in [0.1, 0.15) is 51.5 Å². The summed E-state index contributed by atoms with van der Waals surface area (Å²) in [5, 5.41) is 10.3. The third kappa shape index (κ3) is 3.86. The molecule has 29 heavy (non-hydrogen) atoms. The number of benzene rings is 1. The third-order valence-electron chi connectivity index (χ3n) is 5.33. The lowest BCUT2D eigenvalue weighted by Crippen LogP contribution is -2.39. The molecule has 0 unspecified atom stereocenters. The quantitative estimate of drug-likeness (QED) is 0.759. The number of esters is 1. The average molecular weight is 401 g/mol. The maximum Gasteiger partial charge on any atom is 0.336 e. The van der Waals surface area contributed by atoms with Gasteiger partial charge in [-0.3, -0.25) is 9.79 Å². The number of methoxy groups -OCH3 is 2. The molecule has 156 valence electrons. The molecule has 2 aliphatic rings. The molecule has 1 heterocycles. The molecule has 0 aromatic heterocycles. The number of nitrogens with zero attached hydrogens (tertiary/aromatic N) is 1. The molecular formula is C22H27NO6. The zero-order valence-electron chi connectivity index (χ0n) is 17.4. The highest BCUT2D eigenvalue weighted by Crippen LogP contribution is 2.47. The van der Waals surface area contributed by atoms with E-state index in [0.717, 1.165) is 12.1 Å². The van der Waals surface area contributed by atoms with Crippen molar-refractivity contribution in [2.24, 2.45) is 10.9 Å². The SMILES string of the molecule is COc1cc([C@H]2C(C(=O)OC(C)C)=C(C)N=C3CCCC(=O)[C@H]32)cc(OC)c1O. The maximum absolute atomic E-state index is 13.0. The predicted molar refractivity (Wildman–Crippen MR) is 108 cm³/mol. The molecule has 7 heteroatoms. The smallest absolute Gasteiger partial charge is 0.336 e. The lowest BCUT2D eigenvalue weighted by Gasteiger charge is -2.36. The molecule has 0 saturated heterocycles. The van der Waals surface area contributed by atoms with Gasteiger partial charge in [0, 0.05) is 23.7 Å².